The predicted octanol–water partition coefficient (Wildman–Crippen LogP) is 1.29. The van der Waals surface area contributed by atoms with Crippen molar-refractivity contribution in [2.75, 3.05) is 26.2 Å². The number of hydrogen-bond donors (Lipinski definition) is 1. The van der Waals surface area contributed by atoms with Gasteiger partial charge in [0.2, 0.25) is 0 Å². The van der Waals surface area contributed by atoms with Gasteiger partial charge in [-0.05, 0) is 12.0 Å². The number of fused-ring (bicyclic) bond motifs is 1. The summed E-state index contributed by atoms with van der Waals surface area (Å²) in [6.45, 7) is 4.31. The zero-order valence-corrected chi connectivity index (χ0v) is 10.5. The van der Waals surface area contributed by atoms with Gasteiger partial charge >= 0.3 is 6.03 Å². The molecule has 96 valence electrons. The Balaban J connectivity index is 1.69. The molecule has 2 aliphatic heterocycles. The summed E-state index contributed by atoms with van der Waals surface area (Å²) in [6, 6.07) is 10.8. The number of urea groups is 1. The second kappa shape index (κ2) is 4.98. The molecule has 2 saturated heterocycles. The SMILES string of the molecule is O=C1N(Cc2ccccc2)CCC2CNCCN12. The van der Waals surface area contributed by atoms with Crippen molar-refractivity contribution in [2.24, 2.45) is 0 Å². The molecule has 3 rings (SSSR count). The molecule has 0 spiro atoms. The monoisotopic (exact) mass is 245 g/mol. The minimum absolute atomic E-state index is 0.205. The predicted molar refractivity (Wildman–Crippen MR) is 70.2 cm³/mol. The van der Waals surface area contributed by atoms with E-state index in [9.17, 15) is 4.79 Å². The third-order valence-corrected chi connectivity index (χ3v) is 3.81. The second-order valence-corrected chi connectivity index (χ2v) is 5.03. The van der Waals surface area contributed by atoms with E-state index in [1.54, 1.807) is 0 Å². The molecule has 1 aromatic rings. The number of nitrogens with zero attached hydrogens (tertiary/aromatic N) is 2. The fourth-order valence-corrected chi connectivity index (χ4v) is 2.80. The summed E-state index contributed by atoms with van der Waals surface area (Å²) in [4.78, 5) is 16.4. The lowest BCUT2D eigenvalue weighted by molar-refractivity contribution is 0.0831. The summed E-state index contributed by atoms with van der Waals surface area (Å²) in [5, 5.41) is 3.36. The molecule has 1 unspecified atom stereocenters. The Kier molecular flexibility index (Phi) is 3.19. The summed E-state index contributed by atoms with van der Waals surface area (Å²) >= 11 is 0. The molecule has 2 aliphatic rings. The van der Waals surface area contributed by atoms with Crippen molar-refractivity contribution < 1.29 is 4.79 Å². The van der Waals surface area contributed by atoms with Crippen LogP contribution in [0.4, 0.5) is 4.79 Å². The summed E-state index contributed by atoms with van der Waals surface area (Å²) in [6.07, 6.45) is 1.07. The number of carbonyl (C=O) groups excluding carboxylic acids is 1. The topological polar surface area (TPSA) is 35.6 Å². The molecule has 0 aliphatic carbocycles. The van der Waals surface area contributed by atoms with E-state index < -0.39 is 0 Å². The highest BCUT2D eigenvalue weighted by Gasteiger charge is 2.34. The minimum Gasteiger partial charge on any atom is -0.320 e. The molecule has 1 aromatic carbocycles. The summed E-state index contributed by atoms with van der Waals surface area (Å²) in [5.41, 5.74) is 1.21. The fourth-order valence-electron chi connectivity index (χ4n) is 2.80. The highest BCUT2D eigenvalue weighted by Crippen LogP contribution is 2.19. The van der Waals surface area contributed by atoms with E-state index in [0.29, 0.717) is 6.04 Å². The molecular formula is C14H19N3O. The van der Waals surface area contributed by atoms with E-state index in [4.69, 9.17) is 0 Å². The Morgan fingerprint density at radius 3 is 2.89 bits per heavy atom. The highest BCUT2D eigenvalue weighted by molar-refractivity contribution is 5.75. The number of carbonyl (C=O) groups is 1. The molecule has 18 heavy (non-hydrogen) atoms. The van der Waals surface area contributed by atoms with Crippen LogP contribution in [0.25, 0.3) is 0 Å². The first-order chi connectivity index (χ1) is 8.84. The second-order valence-electron chi connectivity index (χ2n) is 5.03. The number of hydrogen-bond acceptors (Lipinski definition) is 2. The van der Waals surface area contributed by atoms with Crippen LogP contribution in [0.3, 0.4) is 0 Å². The average Bonchev–Trinajstić information content (AvgIpc) is 2.43. The molecule has 1 atom stereocenters. The van der Waals surface area contributed by atoms with E-state index in [0.717, 1.165) is 39.1 Å². The van der Waals surface area contributed by atoms with Gasteiger partial charge in [-0.3, -0.25) is 0 Å². The smallest absolute Gasteiger partial charge is 0.320 e. The van der Waals surface area contributed by atoms with Gasteiger partial charge in [-0.2, -0.15) is 0 Å². The van der Waals surface area contributed by atoms with Crippen LogP contribution in [0.2, 0.25) is 0 Å². The summed E-state index contributed by atoms with van der Waals surface area (Å²) in [7, 11) is 0. The fraction of sp³-hybridized carbons (Fsp3) is 0.500. The van der Waals surface area contributed by atoms with Gasteiger partial charge in [-0.15, -0.1) is 0 Å². The van der Waals surface area contributed by atoms with Gasteiger partial charge in [-0.1, -0.05) is 30.3 Å². The van der Waals surface area contributed by atoms with Gasteiger partial charge in [0.05, 0.1) is 0 Å². The first-order valence-electron chi connectivity index (χ1n) is 6.65. The maximum Gasteiger partial charge on any atom is 0.320 e. The van der Waals surface area contributed by atoms with Crippen molar-refractivity contribution in [1.29, 1.82) is 0 Å². The van der Waals surface area contributed by atoms with Crippen LogP contribution >= 0.6 is 0 Å². The quantitative estimate of drug-likeness (QED) is 0.852. The van der Waals surface area contributed by atoms with Crippen LogP contribution in [0.5, 0.6) is 0 Å². The van der Waals surface area contributed by atoms with Gasteiger partial charge in [0.1, 0.15) is 0 Å². The lowest BCUT2D eigenvalue weighted by Crippen LogP contribution is -2.61. The van der Waals surface area contributed by atoms with Crippen LogP contribution in [0, 0.1) is 0 Å². The normalized spacial score (nSPS) is 24.0. The van der Waals surface area contributed by atoms with Crippen molar-refractivity contribution in [3.8, 4) is 0 Å². The molecule has 2 fully saturated rings. The third kappa shape index (κ3) is 2.20. The molecule has 0 radical (unpaired) electrons. The molecule has 4 nitrogen and oxygen atoms in total. The van der Waals surface area contributed by atoms with E-state index in [1.807, 2.05) is 28.0 Å². The number of rotatable bonds is 2. The molecule has 2 heterocycles. The van der Waals surface area contributed by atoms with Gasteiger partial charge in [0, 0.05) is 38.8 Å². The highest BCUT2D eigenvalue weighted by atomic mass is 16.2. The van der Waals surface area contributed by atoms with Crippen LogP contribution < -0.4 is 5.32 Å². The summed E-state index contributed by atoms with van der Waals surface area (Å²) in [5.74, 6) is 0. The maximum absolute atomic E-state index is 12.4. The van der Waals surface area contributed by atoms with Gasteiger partial charge in [-0.25, -0.2) is 4.79 Å². The first-order valence-corrected chi connectivity index (χ1v) is 6.65. The van der Waals surface area contributed by atoms with Crippen molar-refractivity contribution in [2.45, 2.75) is 19.0 Å². The Hall–Kier alpha value is -1.55. The maximum atomic E-state index is 12.4. The van der Waals surface area contributed by atoms with Crippen molar-refractivity contribution in [3.05, 3.63) is 35.9 Å². The minimum atomic E-state index is 0.205. The molecule has 0 aromatic heterocycles. The van der Waals surface area contributed by atoms with Crippen LogP contribution in [0.1, 0.15) is 12.0 Å². The van der Waals surface area contributed by atoms with E-state index in [-0.39, 0.29) is 6.03 Å². The summed E-state index contributed by atoms with van der Waals surface area (Å²) < 4.78 is 0. The number of amides is 2. The van der Waals surface area contributed by atoms with Gasteiger partial charge in [0.25, 0.3) is 0 Å². The van der Waals surface area contributed by atoms with E-state index in [1.165, 1.54) is 5.56 Å². The van der Waals surface area contributed by atoms with Crippen LogP contribution in [-0.2, 0) is 6.54 Å². The third-order valence-electron chi connectivity index (χ3n) is 3.81. The van der Waals surface area contributed by atoms with Crippen LogP contribution in [-0.4, -0.2) is 48.1 Å². The Morgan fingerprint density at radius 1 is 1.22 bits per heavy atom. The number of nitrogens with one attached hydrogen (secondary N) is 1. The lowest BCUT2D eigenvalue weighted by Gasteiger charge is -2.44. The Morgan fingerprint density at radius 2 is 2.06 bits per heavy atom. The lowest BCUT2D eigenvalue weighted by atomic mass is 10.1. The van der Waals surface area contributed by atoms with Crippen molar-refractivity contribution >= 4 is 6.03 Å². The molecule has 4 heteroatoms. The van der Waals surface area contributed by atoms with Gasteiger partial charge < -0.3 is 15.1 Å². The van der Waals surface area contributed by atoms with E-state index >= 15 is 0 Å². The Labute approximate surface area is 108 Å². The van der Waals surface area contributed by atoms with E-state index in [2.05, 4.69) is 17.4 Å². The standard InChI is InChI=1S/C14H19N3O/c18-14-16(11-12-4-2-1-3-5-12)8-6-13-10-15-7-9-17(13)14/h1-5,13,15H,6-11H2. The van der Waals surface area contributed by atoms with Crippen molar-refractivity contribution in [3.63, 3.8) is 0 Å². The average molecular weight is 245 g/mol. The molecule has 0 bridgehead atoms. The molecular weight excluding hydrogens is 226 g/mol. The first kappa shape index (κ1) is 11.5. The molecule has 1 N–H and O–H groups in total. The van der Waals surface area contributed by atoms with Crippen molar-refractivity contribution in [1.82, 2.24) is 15.1 Å². The Bertz CT molecular complexity index is 420. The zero-order chi connectivity index (χ0) is 12.4. The van der Waals surface area contributed by atoms with Gasteiger partial charge in [0.15, 0.2) is 0 Å². The zero-order valence-electron chi connectivity index (χ0n) is 10.5. The molecule has 0 saturated carbocycles. The molecule has 2 amide bonds. The number of piperazine rings is 1. The largest absolute Gasteiger partial charge is 0.320 e. The van der Waals surface area contributed by atoms with Crippen LogP contribution in [0.15, 0.2) is 30.3 Å². The number of benzene rings is 1.